The summed E-state index contributed by atoms with van der Waals surface area (Å²) in [5, 5.41) is 4.24. The van der Waals surface area contributed by atoms with Crippen molar-refractivity contribution in [3.05, 3.63) is 48.0 Å². The quantitative estimate of drug-likeness (QED) is 0.837. The van der Waals surface area contributed by atoms with Crippen molar-refractivity contribution >= 4 is 0 Å². The molecule has 0 amide bonds. The number of rotatable bonds is 4. The largest absolute Gasteiger partial charge is 0.299 e. The summed E-state index contributed by atoms with van der Waals surface area (Å²) < 4.78 is 1.89. The smallest absolute Gasteiger partial charge is 0.0521 e. The molecular formula is C15H20N4. The van der Waals surface area contributed by atoms with E-state index in [0.717, 1.165) is 18.9 Å². The SMILES string of the molecule is Cn1cc(CC2CCN(Cc3ccncc3)C2)cn1. The minimum atomic E-state index is 0.769. The third-order valence-corrected chi connectivity index (χ3v) is 3.81. The van der Waals surface area contributed by atoms with E-state index in [1.165, 1.54) is 30.6 Å². The van der Waals surface area contributed by atoms with E-state index in [2.05, 4.69) is 33.3 Å². The summed E-state index contributed by atoms with van der Waals surface area (Å²) in [4.78, 5) is 6.60. The van der Waals surface area contributed by atoms with Crippen molar-refractivity contribution in [3.63, 3.8) is 0 Å². The van der Waals surface area contributed by atoms with Gasteiger partial charge >= 0.3 is 0 Å². The van der Waals surface area contributed by atoms with Crippen LogP contribution in [0.4, 0.5) is 0 Å². The van der Waals surface area contributed by atoms with E-state index in [0.29, 0.717) is 0 Å². The molecule has 1 fully saturated rings. The first-order valence-electron chi connectivity index (χ1n) is 6.88. The molecule has 4 heteroatoms. The molecule has 1 aliphatic rings. The van der Waals surface area contributed by atoms with E-state index in [1.54, 1.807) is 0 Å². The molecule has 0 bridgehead atoms. The maximum atomic E-state index is 4.24. The van der Waals surface area contributed by atoms with Gasteiger partial charge in [-0.1, -0.05) is 0 Å². The van der Waals surface area contributed by atoms with Crippen LogP contribution in [0.2, 0.25) is 0 Å². The van der Waals surface area contributed by atoms with Gasteiger partial charge in [-0.25, -0.2) is 0 Å². The predicted molar refractivity (Wildman–Crippen MR) is 74.5 cm³/mol. The highest BCUT2D eigenvalue weighted by Crippen LogP contribution is 2.22. The molecule has 2 aromatic rings. The monoisotopic (exact) mass is 256 g/mol. The number of hydrogen-bond donors (Lipinski definition) is 0. The van der Waals surface area contributed by atoms with Gasteiger partial charge in [0.05, 0.1) is 6.20 Å². The summed E-state index contributed by atoms with van der Waals surface area (Å²) in [6.45, 7) is 3.44. The topological polar surface area (TPSA) is 34.0 Å². The Morgan fingerprint density at radius 2 is 2.11 bits per heavy atom. The lowest BCUT2D eigenvalue weighted by Gasteiger charge is -2.15. The van der Waals surface area contributed by atoms with Gasteiger partial charge in [0.15, 0.2) is 0 Å². The van der Waals surface area contributed by atoms with Crippen molar-refractivity contribution in [1.82, 2.24) is 19.7 Å². The van der Waals surface area contributed by atoms with Gasteiger partial charge in [0.2, 0.25) is 0 Å². The normalized spacial score (nSPS) is 19.9. The standard InChI is InChI=1S/C15H20N4/c1-18-10-15(9-17-18)8-14-4-7-19(12-14)11-13-2-5-16-6-3-13/h2-3,5-6,9-10,14H,4,7-8,11-12H2,1H3. The zero-order chi connectivity index (χ0) is 13.1. The van der Waals surface area contributed by atoms with Crippen molar-refractivity contribution < 1.29 is 0 Å². The second kappa shape index (κ2) is 5.53. The van der Waals surface area contributed by atoms with Gasteiger partial charge < -0.3 is 0 Å². The third-order valence-electron chi connectivity index (χ3n) is 3.81. The molecule has 0 N–H and O–H groups in total. The summed E-state index contributed by atoms with van der Waals surface area (Å²) >= 11 is 0. The Labute approximate surface area is 114 Å². The first kappa shape index (κ1) is 12.4. The van der Waals surface area contributed by atoms with Crippen LogP contribution < -0.4 is 0 Å². The molecule has 100 valence electrons. The van der Waals surface area contributed by atoms with Crippen LogP contribution in [-0.4, -0.2) is 32.8 Å². The summed E-state index contributed by atoms with van der Waals surface area (Å²) in [6, 6.07) is 4.21. The maximum absolute atomic E-state index is 4.24. The van der Waals surface area contributed by atoms with Gasteiger partial charge in [-0.2, -0.15) is 5.10 Å². The van der Waals surface area contributed by atoms with Gasteiger partial charge in [-0.3, -0.25) is 14.6 Å². The van der Waals surface area contributed by atoms with Crippen molar-refractivity contribution in [2.75, 3.05) is 13.1 Å². The van der Waals surface area contributed by atoms with E-state index in [4.69, 9.17) is 0 Å². The Kier molecular flexibility index (Phi) is 3.60. The van der Waals surface area contributed by atoms with Crippen molar-refractivity contribution in [2.24, 2.45) is 13.0 Å². The zero-order valence-corrected chi connectivity index (χ0v) is 11.4. The van der Waals surface area contributed by atoms with Gasteiger partial charge in [0, 0.05) is 38.7 Å². The molecule has 2 aromatic heterocycles. The minimum Gasteiger partial charge on any atom is -0.299 e. The average Bonchev–Trinajstić information content (AvgIpc) is 3.01. The van der Waals surface area contributed by atoms with E-state index >= 15 is 0 Å². The van der Waals surface area contributed by atoms with E-state index < -0.39 is 0 Å². The van der Waals surface area contributed by atoms with Crippen LogP contribution in [0.3, 0.4) is 0 Å². The number of likely N-dealkylation sites (tertiary alicyclic amines) is 1. The highest BCUT2D eigenvalue weighted by molar-refractivity contribution is 5.10. The molecule has 0 spiro atoms. The first-order valence-corrected chi connectivity index (χ1v) is 6.88. The van der Waals surface area contributed by atoms with Crippen LogP contribution in [-0.2, 0) is 20.0 Å². The fourth-order valence-electron chi connectivity index (χ4n) is 2.88. The fraction of sp³-hybridized carbons (Fsp3) is 0.467. The van der Waals surface area contributed by atoms with E-state index in [-0.39, 0.29) is 0 Å². The average molecular weight is 256 g/mol. The summed E-state index contributed by atoms with van der Waals surface area (Å²) in [7, 11) is 1.98. The third kappa shape index (κ3) is 3.20. The molecule has 3 heterocycles. The van der Waals surface area contributed by atoms with E-state index in [1.807, 2.05) is 30.3 Å². The van der Waals surface area contributed by atoms with Crippen LogP contribution >= 0.6 is 0 Å². The van der Waals surface area contributed by atoms with Crippen LogP contribution in [0, 0.1) is 5.92 Å². The molecule has 4 nitrogen and oxygen atoms in total. The highest BCUT2D eigenvalue weighted by Gasteiger charge is 2.22. The van der Waals surface area contributed by atoms with Crippen LogP contribution in [0.5, 0.6) is 0 Å². The summed E-state index contributed by atoms with van der Waals surface area (Å²) in [5.41, 5.74) is 2.72. The van der Waals surface area contributed by atoms with Crippen LogP contribution in [0.1, 0.15) is 17.5 Å². The molecule has 0 saturated carbocycles. The maximum Gasteiger partial charge on any atom is 0.0521 e. The summed E-state index contributed by atoms with van der Waals surface area (Å²) in [6.07, 6.45) is 10.3. The Bertz CT molecular complexity index is 520. The van der Waals surface area contributed by atoms with Crippen LogP contribution in [0.25, 0.3) is 0 Å². The number of pyridine rings is 1. The molecule has 0 aliphatic carbocycles. The highest BCUT2D eigenvalue weighted by atomic mass is 15.2. The lowest BCUT2D eigenvalue weighted by Crippen LogP contribution is -2.20. The molecule has 1 aliphatic heterocycles. The number of aryl methyl sites for hydroxylation is 1. The Morgan fingerprint density at radius 3 is 2.84 bits per heavy atom. The lowest BCUT2D eigenvalue weighted by molar-refractivity contribution is 0.316. The summed E-state index contributed by atoms with van der Waals surface area (Å²) in [5.74, 6) is 0.769. The molecular weight excluding hydrogens is 236 g/mol. The fourth-order valence-corrected chi connectivity index (χ4v) is 2.88. The first-order chi connectivity index (χ1) is 9.29. The second-order valence-electron chi connectivity index (χ2n) is 5.47. The molecule has 1 unspecified atom stereocenters. The Balaban J connectivity index is 1.53. The van der Waals surface area contributed by atoms with Crippen molar-refractivity contribution in [2.45, 2.75) is 19.4 Å². The second-order valence-corrected chi connectivity index (χ2v) is 5.47. The number of nitrogens with zero attached hydrogens (tertiary/aromatic N) is 4. The Morgan fingerprint density at radius 1 is 1.26 bits per heavy atom. The molecule has 19 heavy (non-hydrogen) atoms. The van der Waals surface area contributed by atoms with Gasteiger partial charge in [-0.15, -0.1) is 0 Å². The molecule has 1 atom stereocenters. The Hall–Kier alpha value is -1.68. The number of aromatic nitrogens is 3. The van der Waals surface area contributed by atoms with Gasteiger partial charge in [0.25, 0.3) is 0 Å². The number of hydrogen-bond acceptors (Lipinski definition) is 3. The van der Waals surface area contributed by atoms with E-state index in [9.17, 15) is 0 Å². The molecule has 1 saturated heterocycles. The van der Waals surface area contributed by atoms with Gasteiger partial charge in [0.1, 0.15) is 0 Å². The van der Waals surface area contributed by atoms with Gasteiger partial charge in [-0.05, 0) is 48.6 Å². The predicted octanol–water partition coefficient (Wildman–Crippen LogP) is 1.88. The molecule has 0 radical (unpaired) electrons. The molecule has 0 aromatic carbocycles. The van der Waals surface area contributed by atoms with Crippen molar-refractivity contribution in [3.8, 4) is 0 Å². The van der Waals surface area contributed by atoms with Crippen molar-refractivity contribution in [1.29, 1.82) is 0 Å². The minimum absolute atomic E-state index is 0.769. The molecule has 3 rings (SSSR count). The van der Waals surface area contributed by atoms with Crippen LogP contribution in [0.15, 0.2) is 36.9 Å². The zero-order valence-electron chi connectivity index (χ0n) is 11.4. The lowest BCUT2D eigenvalue weighted by atomic mass is 10.0.